The van der Waals surface area contributed by atoms with E-state index in [0.29, 0.717) is 11.3 Å². The van der Waals surface area contributed by atoms with Crippen molar-refractivity contribution >= 4 is 17.5 Å². The third-order valence-corrected chi connectivity index (χ3v) is 4.10. The molecule has 5 nitrogen and oxygen atoms in total. The quantitative estimate of drug-likeness (QED) is 0.892. The fraction of sp³-hybridized carbons (Fsp3) is 0.500. The van der Waals surface area contributed by atoms with E-state index in [2.05, 4.69) is 5.32 Å². The molecule has 1 aromatic carbocycles. The summed E-state index contributed by atoms with van der Waals surface area (Å²) in [5, 5.41) is 11.7. The van der Waals surface area contributed by atoms with Crippen molar-refractivity contribution in [2.24, 2.45) is 5.92 Å². The number of aliphatic hydroxyl groups excluding tert-OH is 1. The molecule has 1 aliphatic rings. The van der Waals surface area contributed by atoms with Crippen molar-refractivity contribution in [3.63, 3.8) is 0 Å². The van der Waals surface area contributed by atoms with E-state index in [1.165, 1.54) is 17.0 Å². The number of benzene rings is 1. The Bertz CT molecular complexity index is 577. The first-order chi connectivity index (χ1) is 10.5. The molecule has 22 heavy (non-hydrogen) atoms. The SMILES string of the molecule is CC[C@H](C)[C@H]1C(=O)Nc2cc(F)ccc2CN1C(=O)CCO. The summed E-state index contributed by atoms with van der Waals surface area (Å²) in [4.78, 5) is 26.3. The third-order valence-electron chi connectivity index (χ3n) is 4.10. The number of hydrogen-bond donors (Lipinski definition) is 2. The van der Waals surface area contributed by atoms with Crippen LogP contribution in [0.5, 0.6) is 0 Å². The van der Waals surface area contributed by atoms with E-state index >= 15 is 0 Å². The fourth-order valence-corrected chi connectivity index (χ4v) is 2.70. The molecule has 0 unspecified atom stereocenters. The summed E-state index contributed by atoms with van der Waals surface area (Å²) in [6.07, 6.45) is 0.697. The first-order valence-corrected chi connectivity index (χ1v) is 7.47. The Kier molecular flexibility index (Phi) is 5.13. The van der Waals surface area contributed by atoms with Crippen molar-refractivity contribution in [2.45, 2.75) is 39.3 Å². The first-order valence-electron chi connectivity index (χ1n) is 7.47. The number of aliphatic hydroxyl groups is 1. The summed E-state index contributed by atoms with van der Waals surface area (Å²) in [7, 11) is 0. The normalized spacial score (nSPS) is 19.2. The topological polar surface area (TPSA) is 69.6 Å². The van der Waals surface area contributed by atoms with E-state index in [1.807, 2.05) is 13.8 Å². The fourth-order valence-electron chi connectivity index (χ4n) is 2.70. The molecule has 0 aromatic heterocycles. The molecule has 0 fully saturated rings. The monoisotopic (exact) mass is 308 g/mol. The van der Waals surface area contributed by atoms with Crippen LogP contribution in [0.1, 0.15) is 32.3 Å². The zero-order valence-electron chi connectivity index (χ0n) is 12.8. The number of hydrogen-bond acceptors (Lipinski definition) is 3. The van der Waals surface area contributed by atoms with Gasteiger partial charge in [-0.05, 0) is 23.6 Å². The number of nitrogens with one attached hydrogen (secondary N) is 1. The minimum absolute atomic E-state index is 0.0310. The van der Waals surface area contributed by atoms with Crippen molar-refractivity contribution in [3.05, 3.63) is 29.6 Å². The predicted molar refractivity (Wildman–Crippen MR) is 80.5 cm³/mol. The number of anilines is 1. The Morgan fingerprint density at radius 1 is 1.55 bits per heavy atom. The molecule has 0 saturated heterocycles. The van der Waals surface area contributed by atoms with Crippen LogP contribution in [0.25, 0.3) is 0 Å². The number of carbonyl (C=O) groups excluding carboxylic acids is 2. The van der Waals surface area contributed by atoms with Gasteiger partial charge in [0.1, 0.15) is 11.9 Å². The van der Waals surface area contributed by atoms with Crippen LogP contribution in [0.15, 0.2) is 18.2 Å². The Morgan fingerprint density at radius 2 is 2.27 bits per heavy atom. The van der Waals surface area contributed by atoms with E-state index in [4.69, 9.17) is 5.11 Å². The summed E-state index contributed by atoms with van der Waals surface area (Å²) in [5.74, 6) is -1.07. The zero-order valence-corrected chi connectivity index (χ0v) is 12.8. The van der Waals surface area contributed by atoms with E-state index in [9.17, 15) is 14.0 Å². The van der Waals surface area contributed by atoms with Gasteiger partial charge in [-0.2, -0.15) is 0 Å². The molecule has 0 bridgehead atoms. The molecule has 1 aliphatic heterocycles. The first kappa shape index (κ1) is 16.4. The molecule has 0 saturated carbocycles. The van der Waals surface area contributed by atoms with Gasteiger partial charge in [0, 0.05) is 18.7 Å². The van der Waals surface area contributed by atoms with Gasteiger partial charge in [-0.1, -0.05) is 26.3 Å². The molecule has 1 aromatic rings. The van der Waals surface area contributed by atoms with Crippen LogP contribution in [0.3, 0.4) is 0 Å². The van der Waals surface area contributed by atoms with Crippen LogP contribution in [0, 0.1) is 11.7 Å². The lowest BCUT2D eigenvalue weighted by Crippen LogP contribution is -2.49. The molecule has 2 N–H and O–H groups in total. The van der Waals surface area contributed by atoms with Gasteiger partial charge in [-0.25, -0.2) is 4.39 Å². The average molecular weight is 308 g/mol. The molecule has 2 rings (SSSR count). The Morgan fingerprint density at radius 3 is 2.91 bits per heavy atom. The average Bonchev–Trinajstić information content (AvgIpc) is 2.62. The van der Waals surface area contributed by atoms with Crippen molar-refractivity contribution in [1.82, 2.24) is 4.90 Å². The van der Waals surface area contributed by atoms with Gasteiger partial charge >= 0.3 is 0 Å². The molecule has 120 valence electrons. The van der Waals surface area contributed by atoms with Crippen LogP contribution in [-0.4, -0.2) is 34.5 Å². The van der Waals surface area contributed by atoms with E-state index in [0.717, 1.165) is 6.42 Å². The minimum Gasteiger partial charge on any atom is -0.396 e. The largest absolute Gasteiger partial charge is 0.396 e. The summed E-state index contributed by atoms with van der Waals surface area (Å²) in [6, 6.07) is 3.52. The number of rotatable bonds is 4. The van der Waals surface area contributed by atoms with Crippen LogP contribution >= 0.6 is 0 Å². The maximum atomic E-state index is 13.4. The Hall–Kier alpha value is -1.95. The third kappa shape index (κ3) is 3.27. The summed E-state index contributed by atoms with van der Waals surface area (Å²) in [5.41, 5.74) is 1.09. The number of amides is 2. The highest BCUT2D eigenvalue weighted by Gasteiger charge is 2.36. The molecule has 0 spiro atoms. The lowest BCUT2D eigenvalue weighted by Gasteiger charge is -2.32. The van der Waals surface area contributed by atoms with Gasteiger partial charge in [-0.3, -0.25) is 9.59 Å². The molecule has 0 radical (unpaired) electrons. The number of halogens is 1. The van der Waals surface area contributed by atoms with Gasteiger partial charge < -0.3 is 15.3 Å². The standard InChI is InChI=1S/C16H21FN2O3/c1-3-10(2)15-16(22)18-13-8-12(17)5-4-11(13)9-19(15)14(21)6-7-20/h4-5,8,10,15,20H,3,6-7,9H2,1-2H3,(H,18,22)/t10-,15-/m0/s1. The van der Waals surface area contributed by atoms with Crippen molar-refractivity contribution in [3.8, 4) is 0 Å². The van der Waals surface area contributed by atoms with Gasteiger partial charge in [0.2, 0.25) is 11.8 Å². The van der Waals surface area contributed by atoms with E-state index in [1.54, 1.807) is 6.07 Å². The van der Waals surface area contributed by atoms with Gasteiger partial charge in [0.05, 0.1) is 6.61 Å². The molecule has 1 heterocycles. The van der Waals surface area contributed by atoms with E-state index < -0.39 is 11.9 Å². The summed E-state index contributed by atoms with van der Waals surface area (Å²) < 4.78 is 13.4. The zero-order chi connectivity index (χ0) is 16.3. The molecular weight excluding hydrogens is 287 g/mol. The number of fused-ring (bicyclic) bond motifs is 1. The number of nitrogens with zero attached hydrogens (tertiary/aromatic N) is 1. The van der Waals surface area contributed by atoms with Gasteiger partial charge in [-0.15, -0.1) is 0 Å². The Labute approximate surface area is 129 Å². The summed E-state index contributed by atoms with van der Waals surface area (Å²) >= 11 is 0. The second-order valence-electron chi connectivity index (χ2n) is 5.62. The molecule has 6 heteroatoms. The van der Waals surface area contributed by atoms with Crippen molar-refractivity contribution < 1.29 is 19.1 Å². The lowest BCUT2D eigenvalue weighted by molar-refractivity contribution is -0.141. The number of carbonyl (C=O) groups is 2. The van der Waals surface area contributed by atoms with Gasteiger partial charge in [0.25, 0.3) is 0 Å². The minimum atomic E-state index is -0.625. The Balaban J connectivity index is 2.42. The van der Waals surface area contributed by atoms with E-state index in [-0.39, 0.29) is 37.3 Å². The van der Waals surface area contributed by atoms with Crippen LogP contribution in [0.2, 0.25) is 0 Å². The second kappa shape index (κ2) is 6.87. The predicted octanol–water partition coefficient (Wildman–Crippen LogP) is 1.90. The van der Waals surface area contributed by atoms with Crippen molar-refractivity contribution in [1.29, 1.82) is 0 Å². The highest BCUT2D eigenvalue weighted by molar-refractivity contribution is 5.99. The maximum absolute atomic E-state index is 13.4. The van der Waals surface area contributed by atoms with Gasteiger partial charge in [0.15, 0.2) is 0 Å². The highest BCUT2D eigenvalue weighted by atomic mass is 19.1. The smallest absolute Gasteiger partial charge is 0.247 e. The maximum Gasteiger partial charge on any atom is 0.247 e. The molecule has 0 aliphatic carbocycles. The molecule has 2 amide bonds. The molecular formula is C16H21FN2O3. The van der Waals surface area contributed by atoms with Crippen LogP contribution in [0.4, 0.5) is 10.1 Å². The van der Waals surface area contributed by atoms with Crippen molar-refractivity contribution in [2.75, 3.05) is 11.9 Å². The second-order valence-corrected chi connectivity index (χ2v) is 5.62. The molecule has 2 atom stereocenters. The lowest BCUT2D eigenvalue weighted by atomic mass is 9.96. The summed E-state index contributed by atoms with van der Waals surface area (Å²) in [6.45, 7) is 3.81. The van der Waals surface area contributed by atoms with Crippen LogP contribution < -0.4 is 5.32 Å². The highest BCUT2D eigenvalue weighted by Crippen LogP contribution is 2.28. The van der Waals surface area contributed by atoms with Crippen LogP contribution in [-0.2, 0) is 16.1 Å².